The molecule has 0 amide bonds. The summed E-state index contributed by atoms with van der Waals surface area (Å²) >= 11 is 10.3. The number of aromatic carboxylic acids is 1. The normalized spacial score (nSPS) is 10.4. The zero-order valence-corrected chi connectivity index (χ0v) is 13.3. The van der Waals surface area contributed by atoms with Gasteiger partial charge in [-0.1, -0.05) is 23.4 Å². The van der Waals surface area contributed by atoms with E-state index in [0.29, 0.717) is 5.03 Å². The van der Waals surface area contributed by atoms with Gasteiger partial charge in [0.1, 0.15) is 5.03 Å². The molecule has 0 aliphatic carbocycles. The number of carboxylic acids is 1. The number of aromatic nitrogens is 1. The number of carboxylic acid groups (broad SMARTS) is 1. The molecule has 6 nitrogen and oxygen atoms in total. The molecule has 0 unspecified atom stereocenters. The van der Waals surface area contributed by atoms with E-state index >= 15 is 0 Å². The van der Waals surface area contributed by atoms with E-state index in [-0.39, 0.29) is 21.2 Å². The predicted octanol–water partition coefficient (Wildman–Crippen LogP) is 4.26. The van der Waals surface area contributed by atoms with Crippen LogP contribution in [0.1, 0.15) is 10.4 Å². The second kappa shape index (κ2) is 6.42. The van der Waals surface area contributed by atoms with E-state index in [9.17, 15) is 20.0 Å². The van der Waals surface area contributed by atoms with Crippen LogP contribution in [-0.4, -0.2) is 21.0 Å². The number of nitrogens with zero attached hydrogens (tertiary/aromatic N) is 2. The van der Waals surface area contributed by atoms with E-state index < -0.39 is 10.9 Å². The molecule has 9 heteroatoms. The van der Waals surface area contributed by atoms with Crippen molar-refractivity contribution < 1.29 is 14.8 Å². The van der Waals surface area contributed by atoms with Crippen molar-refractivity contribution >= 4 is 50.9 Å². The van der Waals surface area contributed by atoms with Crippen LogP contribution in [0.15, 0.2) is 44.9 Å². The average Bonchev–Trinajstić information content (AvgIpc) is 2.42. The molecule has 1 aromatic carbocycles. The summed E-state index contributed by atoms with van der Waals surface area (Å²) in [7, 11) is 0. The zero-order valence-electron chi connectivity index (χ0n) is 10.1. The highest BCUT2D eigenvalue weighted by atomic mass is 79.9. The number of carbonyl (C=O) groups is 1. The van der Waals surface area contributed by atoms with E-state index in [4.69, 9.17) is 11.6 Å². The number of pyridine rings is 1. The summed E-state index contributed by atoms with van der Waals surface area (Å²) in [4.78, 5) is 25.7. The van der Waals surface area contributed by atoms with Crippen molar-refractivity contribution in [1.82, 2.24) is 4.98 Å². The minimum Gasteiger partial charge on any atom is -0.478 e. The van der Waals surface area contributed by atoms with Gasteiger partial charge in [0.2, 0.25) is 0 Å². The molecule has 0 saturated heterocycles. The second-order valence-electron chi connectivity index (χ2n) is 3.78. The van der Waals surface area contributed by atoms with Crippen LogP contribution in [0.2, 0.25) is 5.02 Å². The third-order valence-corrected chi connectivity index (χ3v) is 4.35. The van der Waals surface area contributed by atoms with E-state index in [1.165, 1.54) is 0 Å². The Morgan fingerprint density at radius 1 is 1.43 bits per heavy atom. The molecule has 21 heavy (non-hydrogen) atoms. The molecular formula is C12H6BrClN2O4S. The monoisotopic (exact) mass is 388 g/mol. The molecule has 0 radical (unpaired) electrons. The van der Waals surface area contributed by atoms with Crippen LogP contribution >= 0.6 is 39.3 Å². The fourth-order valence-corrected chi connectivity index (χ4v) is 2.90. The Hall–Kier alpha value is -1.64. The Morgan fingerprint density at radius 2 is 2.14 bits per heavy atom. The highest BCUT2D eigenvalue weighted by Gasteiger charge is 2.21. The molecule has 1 aromatic heterocycles. The van der Waals surface area contributed by atoms with Gasteiger partial charge >= 0.3 is 5.97 Å². The fraction of sp³-hybridized carbons (Fsp3) is 0. The molecule has 1 N–H and O–H groups in total. The summed E-state index contributed by atoms with van der Waals surface area (Å²) in [5.41, 5.74) is -0.602. The molecule has 2 aromatic rings. The van der Waals surface area contributed by atoms with Crippen LogP contribution in [0.4, 0.5) is 5.69 Å². The Labute approximate surface area is 136 Å². The van der Waals surface area contributed by atoms with Gasteiger partial charge < -0.3 is 5.11 Å². The van der Waals surface area contributed by atoms with Crippen molar-refractivity contribution in [1.29, 1.82) is 0 Å². The number of benzene rings is 1. The average molecular weight is 390 g/mol. The lowest BCUT2D eigenvalue weighted by Gasteiger charge is -2.07. The maximum absolute atomic E-state index is 11.3. The summed E-state index contributed by atoms with van der Waals surface area (Å²) in [6, 6.07) is 5.53. The number of non-ortho nitro benzene ring substituents is 1. The van der Waals surface area contributed by atoms with Gasteiger partial charge in [0.05, 0.1) is 15.5 Å². The minimum absolute atomic E-state index is 0.00341. The number of nitro groups is 1. The van der Waals surface area contributed by atoms with Crippen LogP contribution in [0.25, 0.3) is 0 Å². The summed E-state index contributed by atoms with van der Waals surface area (Å²) in [5, 5.41) is 20.5. The zero-order chi connectivity index (χ0) is 15.6. The second-order valence-corrected chi connectivity index (χ2v) is 6.14. The topological polar surface area (TPSA) is 93.3 Å². The molecule has 2 rings (SSSR count). The van der Waals surface area contributed by atoms with Gasteiger partial charge in [0, 0.05) is 27.7 Å². The van der Waals surface area contributed by atoms with Gasteiger partial charge in [0.25, 0.3) is 5.69 Å². The smallest absolute Gasteiger partial charge is 0.337 e. The Balaban J connectivity index is 2.49. The Bertz CT molecular complexity index is 724. The largest absolute Gasteiger partial charge is 0.478 e. The van der Waals surface area contributed by atoms with Gasteiger partial charge in [-0.3, -0.25) is 10.1 Å². The standard InChI is InChI=1S/C12H6BrClN2O4S/c13-6-1-2-10(15-5-6)21-11-8(12(17)18)3-7(16(19)20)4-9(11)14/h1-5H,(H,17,18). The molecule has 0 aliphatic rings. The van der Waals surface area contributed by atoms with Gasteiger partial charge in [0.15, 0.2) is 0 Å². The van der Waals surface area contributed by atoms with Crippen molar-refractivity contribution in [3.05, 3.63) is 55.6 Å². The van der Waals surface area contributed by atoms with Gasteiger partial charge in [-0.25, -0.2) is 9.78 Å². The minimum atomic E-state index is -1.29. The first-order valence-corrected chi connectivity index (χ1v) is 7.38. The first-order chi connectivity index (χ1) is 9.88. The van der Waals surface area contributed by atoms with Crippen molar-refractivity contribution in [2.75, 3.05) is 0 Å². The lowest BCUT2D eigenvalue weighted by molar-refractivity contribution is -0.384. The molecule has 0 aliphatic heterocycles. The van der Waals surface area contributed by atoms with Gasteiger partial charge in [-0.15, -0.1) is 0 Å². The first kappa shape index (κ1) is 15.7. The maximum atomic E-state index is 11.3. The molecule has 0 saturated carbocycles. The summed E-state index contributed by atoms with van der Waals surface area (Å²) < 4.78 is 0.778. The third kappa shape index (κ3) is 3.72. The van der Waals surface area contributed by atoms with Crippen LogP contribution in [0, 0.1) is 10.1 Å². The SMILES string of the molecule is O=C(O)c1cc([N+](=O)[O-])cc(Cl)c1Sc1ccc(Br)cn1. The number of nitro benzene ring substituents is 1. The summed E-state index contributed by atoms with van der Waals surface area (Å²) in [6.45, 7) is 0. The quantitative estimate of drug-likeness (QED) is 0.620. The summed E-state index contributed by atoms with van der Waals surface area (Å²) in [5.74, 6) is -1.29. The van der Waals surface area contributed by atoms with Crippen LogP contribution < -0.4 is 0 Å². The van der Waals surface area contributed by atoms with Gasteiger partial charge in [-0.05, 0) is 28.1 Å². The number of hydrogen-bond donors (Lipinski definition) is 1. The van der Waals surface area contributed by atoms with Gasteiger partial charge in [-0.2, -0.15) is 0 Å². The van der Waals surface area contributed by atoms with Crippen molar-refractivity contribution in [2.45, 2.75) is 9.92 Å². The van der Waals surface area contributed by atoms with E-state index in [0.717, 1.165) is 28.4 Å². The summed E-state index contributed by atoms with van der Waals surface area (Å²) in [6.07, 6.45) is 1.56. The van der Waals surface area contributed by atoms with E-state index in [1.807, 2.05) is 0 Å². The molecule has 0 fully saturated rings. The maximum Gasteiger partial charge on any atom is 0.337 e. The molecular weight excluding hydrogens is 384 g/mol. The molecule has 1 heterocycles. The molecule has 0 bridgehead atoms. The third-order valence-electron chi connectivity index (χ3n) is 2.38. The van der Waals surface area contributed by atoms with Crippen molar-refractivity contribution in [2.24, 2.45) is 0 Å². The number of rotatable bonds is 4. The first-order valence-electron chi connectivity index (χ1n) is 5.39. The van der Waals surface area contributed by atoms with Crippen LogP contribution in [-0.2, 0) is 0 Å². The Kier molecular flexibility index (Phi) is 4.81. The van der Waals surface area contributed by atoms with Crippen LogP contribution in [0.3, 0.4) is 0 Å². The van der Waals surface area contributed by atoms with E-state index in [1.54, 1.807) is 18.3 Å². The number of hydrogen-bond acceptors (Lipinski definition) is 5. The highest BCUT2D eigenvalue weighted by molar-refractivity contribution is 9.10. The lowest BCUT2D eigenvalue weighted by atomic mass is 10.2. The molecule has 0 spiro atoms. The van der Waals surface area contributed by atoms with Crippen LogP contribution in [0.5, 0.6) is 0 Å². The highest BCUT2D eigenvalue weighted by Crippen LogP contribution is 2.38. The van der Waals surface area contributed by atoms with Crippen molar-refractivity contribution in [3.63, 3.8) is 0 Å². The van der Waals surface area contributed by atoms with E-state index in [2.05, 4.69) is 20.9 Å². The fourth-order valence-electron chi connectivity index (χ4n) is 1.47. The van der Waals surface area contributed by atoms with Crippen molar-refractivity contribution in [3.8, 4) is 0 Å². The number of halogens is 2. The lowest BCUT2D eigenvalue weighted by Crippen LogP contribution is -2.01. The molecule has 108 valence electrons. The predicted molar refractivity (Wildman–Crippen MR) is 81.1 cm³/mol. The molecule has 0 atom stereocenters. The Morgan fingerprint density at radius 3 is 2.67 bits per heavy atom.